The van der Waals surface area contributed by atoms with Crippen LogP contribution in [0.3, 0.4) is 0 Å². The quantitative estimate of drug-likeness (QED) is 0.622. The Morgan fingerprint density at radius 1 is 1.50 bits per heavy atom. The number of amides is 2. The fourth-order valence-corrected chi connectivity index (χ4v) is 0.932. The molecule has 0 radical (unpaired) electrons. The lowest BCUT2D eigenvalue weighted by Crippen LogP contribution is -2.40. The summed E-state index contributed by atoms with van der Waals surface area (Å²) in [6.07, 6.45) is -0.182. The molecule has 0 aromatic rings. The second-order valence-electron chi connectivity index (χ2n) is 3.25. The van der Waals surface area contributed by atoms with Crippen LogP contribution in [0.2, 0.25) is 0 Å². The number of aliphatic hydroxyl groups excluding tert-OH is 1. The lowest BCUT2D eigenvalue weighted by Gasteiger charge is -2.18. The molecule has 0 aromatic heterocycles. The molecule has 2 N–H and O–H groups in total. The Hall–Kier alpha value is -1.10. The topological polar surface area (TPSA) is 69.6 Å². The summed E-state index contributed by atoms with van der Waals surface area (Å²) in [7, 11) is 1.59. The molecule has 0 aliphatic rings. The number of nitrogens with zero attached hydrogens (tertiary/aromatic N) is 1. The summed E-state index contributed by atoms with van der Waals surface area (Å²) in [4.78, 5) is 23.5. The number of likely N-dealkylation sites (N-methyl/N-ethyl adjacent to an activating group) is 1. The first-order chi connectivity index (χ1) is 6.47. The normalized spacial score (nSPS) is 12.0. The Morgan fingerprint density at radius 3 is 2.50 bits per heavy atom. The van der Waals surface area contributed by atoms with E-state index in [9.17, 15) is 9.59 Å². The van der Waals surface area contributed by atoms with Gasteiger partial charge in [-0.15, -0.1) is 0 Å². The first kappa shape index (κ1) is 12.9. The van der Waals surface area contributed by atoms with Gasteiger partial charge in [-0.25, -0.2) is 0 Å². The van der Waals surface area contributed by atoms with Gasteiger partial charge in [0.2, 0.25) is 11.8 Å². The molecule has 0 saturated heterocycles. The Bertz CT molecular complexity index is 204. The second-order valence-corrected chi connectivity index (χ2v) is 3.25. The third-order valence-electron chi connectivity index (χ3n) is 1.72. The molecule has 0 spiro atoms. The van der Waals surface area contributed by atoms with Crippen molar-refractivity contribution in [2.45, 2.75) is 26.4 Å². The van der Waals surface area contributed by atoms with Gasteiger partial charge in [0, 0.05) is 20.0 Å². The van der Waals surface area contributed by atoms with Crippen LogP contribution in [0.4, 0.5) is 0 Å². The van der Waals surface area contributed by atoms with Gasteiger partial charge < -0.3 is 15.3 Å². The van der Waals surface area contributed by atoms with E-state index in [1.165, 1.54) is 4.90 Å². The lowest BCUT2D eigenvalue weighted by molar-refractivity contribution is -0.132. The van der Waals surface area contributed by atoms with Crippen molar-refractivity contribution in [3.8, 4) is 0 Å². The number of nitrogens with one attached hydrogen (secondary N) is 1. The zero-order valence-corrected chi connectivity index (χ0v) is 8.91. The molecule has 0 rings (SSSR count). The summed E-state index contributed by atoms with van der Waals surface area (Å²) < 4.78 is 0. The maximum Gasteiger partial charge on any atom is 0.241 e. The van der Waals surface area contributed by atoms with Crippen LogP contribution < -0.4 is 5.32 Å². The van der Waals surface area contributed by atoms with E-state index in [-0.39, 0.29) is 24.9 Å². The Morgan fingerprint density at radius 2 is 2.07 bits per heavy atom. The molecule has 5 nitrogen and oxygen atoms in total. The van der Waals surface area contributed by atoms with E-state index in [0.29, 0.717) is 6.42 Å². The standard InChI is InChI=1S/C9H18N2O3/c1-4-8(13)10-5-9(14)11(3)6-7(2)12/h7,12H,4-6H2,1-3H3,(H,10,13). The Labute approximate surface area is 84.1 Å². The number of rotatable bonds is 5. The number of aliphatic hydroxyl groups is 1. The van der Waals surface area contributed by atoms with Gasteiger partial charge in [-0.2, -0.15) is 0 Å². The molecule has 0 bridgehead atoms. The second kappa shape index (κ2) is 6.37. The van der Waals surface area contributed by atoms with Crippen LogP contribution in [0, 0.1) is 0 Å². The molecule has 0 aliphatic heterocycles. The van der Waals surface area contributed by atoms with Crippen LogP contribution in [-0.2, 0) is 9.59 Å². The largest absolute Gasteiger partial charge is 0.392 e. The molecule has 14 heavy (non-hydrogen) atoms. The third kappa shape index (κ3) is 5.53. The van der Waals surface area contributed by atoms with Gasteiger partial charge in [-0.3, -0.25) is 9.59 Å². The highest BCUT2D eigenvalue weighted by Crippen LogP contribution is 1.88. The summed E-state index contributed by atoms with van der Waals surface area (Å²) in [5.41, 5.74) is 0. The van der Waals surface area contributed by atoms with Gasteiger partial charge in [-0.1, -0.05) is 6.92 Å². The minimum absolute atomic E-state index is 0.00407. The fourth-order valence-electron chi connectivity index (χ4n) is 0.932. The van der Waals surface area contributed by atoms with Crippen molar-refractivity contribution in [1.82, 2.24) is 10.2 Å². The minimum Gasteiger partial charge on any atom is -0.392 e. The van der Waals surface area contributed by atoms with E-state index >= 15 is 0 Å². The van der Waals surface area contributed by atoms with Gasteiger partial charge in [-0.05, 0) is 6.92 Å². The zero-order chi connectivity index (χ0) is 11.1. The predicted molar refractivity (Wildman–Crippen MR) is 52.6 cm³/mol. The first-order valence-corrected chi connectivity index (χ1v) is 4.66. The van der Waals surface area contributed by atoms with E-state index in [1.54, 1.807) is 20.9 Å². The van der Waals surface area contributed by atoms with Crippen LogP contribution in [0.15, 0.2) is 0 Å². The molecule has 5 heteroatoms. The van der Waals surface area contributed by atoms with E-state index in [0.717, 1.165) is 0 Å². The molecule has 82 valence electrons. The summed E-state index contributed by atoms with van der Waals surface area (Å²) in [6, 6.07) is 0. The maximum atomic E-state index is 11.3. The lowest BCUT2D eigenvalue weighted by atomic mass is 10.3. The monoisotopic (exact) mass is 202 g/mol. The average Bonchev–Trinajstić information content (AvgIpc) is 2.12. The van der Waals surface area contributed by atoms with Crippen LogP contribution in [0.5, 0.6) is 0 Å². The molecule has 0 aromatic carbocycles. The molecular formula is C9H18N2O3. The molecule has 0 aliphatic carbocycles. The fraction of sp³-hybridized carbons (Fsp3) is 0.778. The highest BCUT2D eigenvalue weighted by Gasteiger charge is 2.11. The van der Waals surface area contributed by atoms with Crippen molar-refractivity contribution in [1.29, 1.82) is 0 Å². The summed E-state index contributed by atoms with van der Waals surface area (Å²) >= 11 is 0. The van der Waals surface area contributed by atoms with Crippen LogP contribution in [-0.4, -0.2) is 48.1 Å². The van der Waals surface area contributed by atoms with Crippen molar-refractivity contribution < 1.29 is 14.7 Å². The Kier molecular flexibility index (Phi) is 5.87. The van der Waals surface area contributed by atoms with Gasteiger partial charge in [0.15, 0.2) is 0 Å². The summed E-state index contributed by atoms with van der Waals surface area (Å²) in [5.74, 6) is -0.350. The molecule has 0 fully saturated rings. The Balaban J connectivity index is 3.78. The first-order valence-electron chi connectivity index (χ1n) is 4.66. The molecule has 0 saturated carbocycles. The third-order valence-corrected chi connectivity index (χ3v) is 1.72. The predicted octanol–water partition coefficient (Wildman–Crippen LogP) is -0.648. The van der Waals surface area contributed by atoms with Gasteiger partial charge in [0.1, 0.15) is 0 Å². The molecular weight excluding hydrogens is 184 g/mol. The average molecular weight is 202 g/mol. The number of hydrogen-bond acceptors (Lipinski definition) is 3. The van der Waals surface area contributed by atoms with E-state index in [1.807, 2.05) is 0 Å². The van der Waals surface area contributed by atoms with Crippen molar-refractivity contribution in [2.75, 3.05) is 20.1 Å². The van der Waals surface area contributed by atoms with Crippen LogP contribution >= 0.6 is 0 Å². The maximum absolute atomic E-state index is 11.3. The summed E-state index contributed by atoms with van der Waals surface area (Å²) in [5, 5.41) is 11.5. The van der Waals surface area contributed by atoms with Crippen LogP contribution in [0.25, 0.3) is 0 Å². The highest BCUT2D eigenvalue weighted by molar-refractivity contribution is 5.84. The molecule has 2 amide bonds. The van der Waals surface area contributed by atoms with Crippen LogP contribution in [0.1, 0.15) is 20.3 Å². The SMILES string of the molecule is CCC(=O)NCC(=O)N(C)CC(C)O. The molecule has 0 heterocycles. The van der Waals surface area contributed by atoms with Crippen molar-refractivity contribution in [2.24, 2.45) is 0 Å². The number of carbonyl (C=O) groups excluding carboxylic acids is 2. The molecule has 1 unspecified atom stereocenters. The minimum atomic E-state index is -0.550. The van der Waals surface area contributed by atoms with E-state index < -0.39 is 6.10 Å². The van der Waals surface area contributed by atoms with E-state index in [4.69, 9.17) is 5.11 Å². The van der Waals surface area contributed by atoms with Crippen molar-refractivity contribution in [3.05, 3.63) is 0 Å². The van der Waals surface area contributed by atoms with Gasteiger partial charge in [0.25, 0.3) is 0 Å². The van der Waals surface area contributed by atoms with E-state index in [2.05, 4.69) is 5.32 Å². The van der Waals surface area contributed by atoms with Crippen molar-refractivity contribution >= 4 is 11.8 Å². The smallest absolute Gasteiger partial charge is 0.241 e. The summed E-state index contributed by atoms with van der Waals surface area (Å²) in [6.45, 7) is 3.60. The highest BCUT2D eigenvalue weighted by atomic mass is 16.3. The zero-order valence-electron chi connectivity index (χ0n) is 8.91. The number of hydrogen-bond donors (Lipinski definition) is 2. The number of carbonyl (C=O) groups is 2. The molecule has 1 atom stereocenters. The van der Waals surface area contributed by atoms with Gasteiger partial charge >= 0.3 is 0 Å². The van der Waals surface area contributed by atoms with Gasteiger partial charge in [0.05, 0.1) is 12.6 Å². The van der Waals surface area contributed by atoms with Crippen molar-refractivity contribution in [3.63, 3.8) is 0 Å².